The molecule has 0 spiro atoms. The van der Waals surface area contributed by atoms with Crippen LogP contribution >= 0.6 is 0 Å². The second-order valence-electron chi connectivity index (χ2n) is 4.36. The van der Waals surface area contributed by atoms with E-state index in [4.69, 9.17) is 0 Å². The average Bonchev–Trinajstić information content (AvgIpc) is 2.69. The van der Waals surface area contributed by atoms with Crippen LogP contribution in [0.2, 0.25) is 0 Å². The number of benzene rings is 1. The van der Waals surface area contributed by atoms with Gasteiger partial charge in [0.15, 0.2) is 0 Å². The fourth-order valence-corrected chi connectivity index (χ4v) is 2.42. The molecule has 1 aromatic rings. The van der Waals surface area contributed by atoms with E-state index in [9.17, 15) is 4.79 Å². The van der Waals surface area contributed by atoms with Crippen molar-refractivity contribution >= 4 is 5.78 Å². The van der Waals surface area contributed by atoms with Gasteiger partial charge in [0, 0.05) is 12.3 Å². The van der Waals surface area contributed by atoms with E-state index in [0.29, 0.717) is 5.78 Å². The minimum absolute atomic E-state index is 0.202. The Morgan fingerprint density at radius 1 is 1.40 bits per heavy atom. The SMILES string of the molecule is CCCCC(=O)C1CCc2ccccc21. The Hall–Kier alpha value is -1.11. The van der Waals surface area contributed by atoms with E-state index < -0.39 is 0 Å². The zero-order chi connectivity index (χ0) is 10.7. The molecule has 1 unspecified atom stereocenters. The molecule has 0 aliphatic heterocycles. The molecule has 1 aliphatic rings. The predicted octanol–water partition coefficient (Wildman–Crippen LogP) is 3.48. The fourth-order valence-electron chi connectivity index (χ4n) is 2.42. The van der Waals surface area contributed by atoms with Crippen LogP contribution in [0.15, 0.2) is 24.3 Å². The average molecular weight is 202 g/mol. The van der Waals surface area contributed by atoms with Crippen LogP contribution in [0.1, 0.15) is 49.7 Å². The number of fused-ring (bicyclic) bond motifs is 1. The minimum atomic E-state index is 0.202. The van der Waals surface area contributed by atoms with Crippen molar-refractivity contribution in [1.29, 1.82) is 0 Å². The molecule has 2 rings (SSSR count). The lowest BCUT2D eigenvalue weighted by atomic mass is 9.94. The normalized spacial score (nSPS) is 18.9. The first kappa shape index (κ1) is 10.4. The molecular formula is C14H18O. The zero-order valence-corrected chi connectivity index (χ0v) is 9.33. The summed E-state index contributed by atoms with van der Waals surface area (Å²) in [6, 6.07) is 8.39. The Balaban J connectivity index is 2.10. The summed E-state index contributed by atoms with van der Waals surface area (Å²) in [7, 11) is 0. The highest BCUT2D eigenvalue weighted by Gasteiger charge is 2.27. The zero-order valence-electron chi connectivity index (χ0n) is 9.33. The quantitative estimate of drug-likeness (QED) is 0.730. The Labute approximate surface area is 91.5 Å². The lowest BCUT2D eigenvalue weighted by Crippen LogP contribution is -2.09. The number of hydrogen-bond donors (Lipinski definition) is 0. The van der Waals surface area contributed by atoms with Crippen molar-refractivity contribution in [2.75, 3.05) is 0 Å². The van der Waals surface area contributed by atoms with Gasteiger partial charge < -0.3 is 0 Å². The van der Waals surface area contributed by atoms with E-state index in [0.717, 1.165) is 32.1 Å². The molecule has 0 saturated heterocycles. The number of unbranched alkanes of at least 4 members (excludes halogenated alkanes) is 1. The van der Waals surface area contributed by atoms with Crippen LogP contribution < -0.4 is 0 Å². The number of aryl methyl sites for hydroxylation is 1. The summed E-state index contributed by atoms with van der Waals surface area (Å²) in [5.41, 5.74) is 2.67. The van der Waals surface area contributed by atoms with E-state index in [-0.39, 0.29) is 5.92 Å². The predicted molar refractivity (Wildman–Crippen MR) is 62.0 cm³/mol. The molecule has 1 aromatic carbocycles. The molecule has 0 radical (unpaired) electrons. The van der Waals surface area contributed by atoms with Crippen LogP contribution in [0.4, 0.5) is 0 Å². The molecule has 15 heavy (non-hydrogen) atoms. The molecule has 0 fully saturated rings. The second kappa shape index (κ2) is 4.61. The second-order valence-corrected chi connectivity index (χ2v) is 4.36. The molecule has 0 heterocycles. The van der Waals surface area contributed by atoms with Crippen molar-refractivity contribution < 1.29 is 4.79 Å². The van der Waals surface area contributed by atoms with E-state index in [1.54, 1.807) is 0 Å². The first-order chi connectivity index (χ1) is 7.33. The van der Waals surface area contributed by atoms with Crippen LogP contribution in [-0.4, -0.2) is 5.78 Å². The topological polar surface area (TPSA) is 17.1 Å². The van der Waals surface area contributed by atoms with Crippen molar-refractivity contribution in [3.63, 3.8) is 0 Å². The lowest BCUT2D eigenvalue weighted by molar-refractivity contribution is -0.120. The van der Waals surface area contributed by atoms with Gasteiger partial charge in [0.1, 0.15) is 5.78 Å². The fraction of sp³-hybridized carbons (Fsp3) is 0.500. The molecule has 1 aliphatic carbocycles. The number of rotatable bonds is 4. The van der Waals surface area contributed by atoms with E-state index in [1.165, 1.54) is 11.1 Å². The van der Waals surface area contributed by atoms with Crippen LogP contribution in [-0.2, 0) is 11.2 Å². The molecule has 0 N–H and O–H groups in total. The highest BCUT2D eigenvalue weighted by atomic mass is 16.1. The number of ketones is 1. The molecule has 0 bridgehead atoms. The Bertz CT molecular complexity index is 354. The largest absolute Gasteiger partial charge is 0.299 e. The number of carbonyl (C=O) groups excluding carboxylic acids is 1. The van der Waals surface area contributed by atoms with Crippen LogP contribution in [0.25, 0.3) is 0 Å². The number of hydrogen-bond acceptors (Lipinski definition) is 1. The third-order valence-electron chi connectivity index (χ3n) is 3.30. The smallest absolute Gasteiger partial charge is 0.140 e. The van der Waals surface area contributed by atoms with Gasteiger partial charge in [-0.25, -0.2) is 0 Å². The van der Waals surface area contributed by atoms with Crippen LogP contribution in [0.3, 0.4) is 0 Å². The molecule has 80 valence electrons. The van der Waals surface area contributed by atoms with Crippen molar-refractivity contribution in [2.45, 2.75) is 44.9 Å². The molecule has 0 aromatic heterocycles. The lowest BCUT2D eigenvalue weighted by Gasteiger charge is -2.09. The maximum atomic E-state index is 12.0. The summed E-state index contributed by atoms with van der Waals surface area (Å²) < 4.78 is 0. The highest BCUT2D eigenvalue weighted by Crippen LogP contribution is 2.34. The highest BCUT2D eigenvalue weighted by molar-refractivity contribution is 5.86. The number of carbonyl (C=O) groups is 1. The first-order valence-electron chi connectivity index (χ1n) is 5.93. The third kappa shape index (κ3) is 2.11. The van der Waals surface area contributed by atoms with Gasteiger partial charge in [0.25, 0.3) is 0 Å². The molecule has 1 atom stereocenters. The number of Topliss-reactive ketones (excluding diaryl/α,β-unsaturated/α-hetero) is 1. The van der Waals surface area contributed by atoms with Gasteiger partial charge in [-0.05, 0) is 30.4 Å². The summed E-state index contributed by atoms with van der Waals surface area (Å²) in [6.07, 6.45) is 5.02. The van der Waals surface area contributed by atoms with Crippen LogP contribution in [0, 0.1) is 0 Å². The third-order valence-corrected chi connectivity index (χ3v) is 3.30. The molecule has 0 saturated carbocycles. The van der Waals surface area contributed by atoms with Crippen molar-refractivity contribution in [1.82, 2.24) is 0 Å². The van der Waals surface area contributed by atoms with Crippen molar-refractivity contribution in [3.8, 4) is 0 Å². The first-order valence-corrected chi connectivity index (χ1v) is 5.93. The molecule has 0 amide bonds. The summed E-state index contributed by atoms with van der Waals surface area (Å²) in [6.45, 7) is 2.13. The standard InChI is InChI=1S/C14H18O/c1-2-3-8-14(15)13-10-9-11-6-4-5-7-12(11)13/h4-7,13H,2-3,8-10H2,1H3. The Morgan fingerprint density at radius 2 is 2.20 bits per heavy atom. The Morgan fingerprint density at radius 3 is 3.00 bits per heavy atom. The van der Waals surface area contributed by atoms with Gasteiger partial charge in [-0.1, -0.05) is 37.6 Å². The van der Waals surface area contributed by atoms with Gasteiger partial charge >= 0.3 is 0 Å². The maximum Gasteiger partial charge on any atom is 0.140 e. The maximum absolute atomic E-state index is 12.0. The molecule has 1 nitrogen and oxygen atoms in total. The summed E-state index contributed by atoms with van der Waals surface area (Å²) in [4.78, 5) is 12.0. The summed E-state index contributed by atoms with van der Waals surface area (Å²) in [5.74, 6) is 0.648. The minimum Gasteiger partial charge on any atom is -0.299 e. The van der Waals surface area contributed by atoms with Gasteiger partial charge in [0.05, 0.1) is 0 Å². The summed E-state index contributed by atoms with van der Waals surface area (Å²) in [5, 5.41) is 0. The van der Waals surface area contributed by atoms with Gasteiger partial charge in [0.2, 0.25) is 0 Å². The van der Waals surface area contributed by atoms with Gasteiger partial charge in [-0.3, -0.25) is 4.79 Å². The molecular weight excluding hydrogens is 184 g/mol. The summed E-state index contributed by atoms with van der Waals surface area (Å²) >= 11 is 0. The molecule has 1 heteroatoms. The van der Waals surface area contributed by atoms with Crippen LogP contribution in [0.5, 0.6) is 0 Å². The monoisotopic (exact) mass is 202 g/mol. The van der Waals surface area contributed by atoms with E-state index in [2.05, 4.69) is 25.1 Å². The van der Waals surface area contributed by atoms with Crippen molar-refractivity contribution in [2.24, 2.45) is 0 Å². The van der Waals surface area contributed by atoms with Gasteiger partial charge in [-0.2, -0.15) is 0 Å². The Kier molecular flexibility index (Phi) is 3.20. The van der Waals surface area contributed by atoms with E-state index in [1.807, 2.05) is 6.07 Å². The van der Waals surface area contributed by atoms with Gasteiger partial charge in [-0.15, -0.1) is 0 Å². The van der Waals surface area contributed by atoms with E-state index >= 15 is 0 Å². The van der Waals surface area contributed by atoms with Crippen molar-refractivity contribution in [3.05, 3.63) is 35.4 Å².